The summed E-state index contributed by atoms with van der Waals surface area (Å²) in [6.07, 6.45) is 1.80. The quantitative estimate of drug-likeness (QED) is 0.632. The third kappa shape index (κ3) is 3.45. The Kier molecular flexibility index (Phi) is 4.24. The van der Waals surface area contributed by atoms with Gasteiger partial charge in [-0.3, -0.25) is 14.8 Å². The van der Waals surface area contributed by atoms with E-state index in [1.54, 1.807) is 0 Å². The van der Waals surface area contributed by atoms with E-state index in [1.165, 1.54) is 25.1 Å². The van der Waals surface area contributed by atoms with Gasteiger partial charge in [-0.25, -0.2) is 8.42 Å². The lowest BCUT2D eigenvalue weighted by molar-refractivity contribution is -0.385. The Hall–Kier alpha value is -1.67. The number of anilines is 1. The van der Waals surface area contributed by atoms with Crippen molar-refractivity contribution in [3.63, 3.8) is 0 Å². The average molecular weight is 299 g/mol. The third-order valence-electron chi connectivity index (χ3n) is 3.35. The van der Waals surface area contributed by atoms with E-state index in [-0.39, 0.29) is 23.2 Å². The molecule has 1 fully saturated rings. The first-order valence-corrected chi connectivity index (χ1v) is 8.02. The highest BCUT2D eigenvalue weighted by molar-refractivity contribution is 7.92. The molecule has 0 bridgehead atoms. The van der Waals surface area contributed by atoms with Crippen molar-refractivity contribution in [1.29, 1.82) is 0 Å². The zero-order chi connectivity index (χ0) is 14.8. The van der Waals surface area contributed by atoms with Crippen LogP contribution in [0.25, 0.3) is 0 Å². The molecule has 8 heteroatoms. The molecule has 1 atom stereocenters. The van der Waals surface area contributed by atoms with Gasteiger partial charge in [0.2, 0.25) is 10.0 Å². The fourth-order valence-electron chi connectivity index (χ4n) is 2.30. The van der Waals surface area contributed by atoms with Crippen molar-refractivity contribution >= 4 is 21.4 Å². The Morgan fingerprint density at radius 1 is 1.50 bits per heavy atom. The first-order valence-electron chi connectivity index (χ1n) is 6.37. The molecule has 1 saturated heterocycles. The fraction of sp³-hybridized carbons (Fsp3) is 0.500. The van der Waals surface area contributed by atoms with Crippen molar-refractivity contribution in [2.24, 2.45) is 0 Å². The van der Waals surface area contributed by atoms with Crippen LogP contribution in [0.1, 0.15) is 18.4 Å². The lowest BCUT2D eigenvalue weighted by atomic mass is 10.2. The van der Waals surface area contributed by atoms with Crippen molar-refractivity contribution in [3.8, 4) is 0 Å². The second kappa shape index (κ2) is 5.76. The highest BCUT2D eigenvalue weighted by Crippen LogP contribution is 2.26. The number of nitrogens with zero attached hydrogens (tertiary/aromatic N) is 1. The Morgan fingerprint density at radius 2 is 2.25 bits per heavy atom. The largest absolute Gasteiger partial charge is 0.313 e. The Morgan fingerprint density at radius 3 is 2.85 bits per heavy atom. The lowest BCUT2D eigenvalue weighted by Gasteiger charge is -2.14. The molecule has 7 nitrogen and oxygen atoms in total. The molecule has 2 rings (SSSR count). The van der Waals surface area contributed by atoms with Crippen molar-refractivity contribution in [2.45, 2.75) is 25.8 Å². The summed E-state index contributed by atoms with van der Waals surface area (Å²) in [6.45, 7) is 2.36. The van der Waals surface area contributed by atoms with Gasteiger partial charge in [-0.2, -0.15) is 0 Å². The molecule has 1 unspecified atom stereocenters. The fourth-order valence-corrected chi connectivity index (χ4v) is 3.76. The van der Waals surface area contributed by atoms with E-state index in [0.29, 0.717) is 5.56 Å². The monoisotopic (exact) mass is 299 g/mol. The molecule has 0 amide bonds. The van der Waals surface area contributed by atoms with E-state index in [4.69, 9.17) is 0 Å². The van der Waals surface area contributed by atoms with Gasteiger partial charge >= 0.3 is 0 Å². The molecule has 1 aromatic carbocycles. The molecular weight excluding hydrogens is 282 g/mol. The molecule has 1 aliphatic rings. The minimum absolute atomic E-state index is 0.0187. The number of nitro benzene ring substituents is 1. The summed E-state index contributed by atoms with van der Waals surface area (Å²) in [7, 11) is -3.52. The van der Waals surface area contributed by atoms with E-state index < -0.39 is 14.9 Å². The molecule has 20 heavy (non-hydrogen) atoms. The first-order chi connectivity index (χ1) is 9.39. The average Bonchev–Trinajstić information content (AvgIpc) is 2.83. The number of rotatable bonds is 5. The number of hydrogen-bond donors (Lipinski definition) is 2. The van der Waals surface area contributed by atoms with Crippen molar-refractivity contribution < 1.29 is 13.3 Å². The van der Waals surface area contributed by atoms with Crippen LogP contribution in [0, 0.1) is 17.0 Å². The van der Waals surface area contributed by atoms with E-state index in [1.807, 2.05) is 0 Å². The lowest BCUT2D eigenvalue weighted by Crippen LogP contribution is -2.33. The minimum atomic E-state index is -3.52. The molecule has 1 aliphatic heterocycles. The molecule has 110 valence electrons. The van der Waals surface area contributed by atoms with Gasteiger partial charge in [0.1, 0.15) is 0 Å². The van der Waals surface area contributed by atoms with E-state index in [2.05, 4.69) is 10.0 Å². The van der Waals surface area contributed by atoms with Gasteiger partial charge in [0.25, 0.3) is 5.69 Å². The normalized spacial score (nSPS) is 18.9. The molecule has 0 aromatic heterocycles. The first kappa shape index (κ1) is 14.7. The Labute approximate surface area is 117 Å². The SMILES string of the molecule is Cc1c(NS(=O)(=O)CC2CCCN2)cccc1[N+](=O)[O-]. The maximum absolute atomic E-state index is 12.1. The summed E-state index contributed by atoms with van der Waals surface area (Å²) in [5.41, 5.74) is 0.488. The van der Waals surface area contributed by atoms with Crippen LogP contribution in [0.2, 0.25) is 0 Å². The molecule has 0 aliphatic carbocycles. The zero-order valence-corrected chi connectivity index (χ0v) is 11.9. The third-order valence-corrected chi connectivity index (χ3v) is 4.72. The topological polar surface area (TPSA) is 101 Å². The summed E-state index contributed by atoms with van der Waals surface area (Å²) in [5.74, 6) is -0.0187. The van der Waals surface area contributed by atoms with Crippen LogP contribution in [0.4, 0.5) is 11.4 Å². The van der Waals surface area contributed by atoms with Gasteiger partial charge in [0.15, 0.2) is 0 Å². The molecular formula is C12H17N3O4S. The Balaban J connectivity index is 2.16. The van der Waals surface area contributed by atoms with E-state index in [0.717, 1.165) is 19.4 Å². The van der Waals surface area contributed by atoms with Crippen LogP contribution in [0.5, 0.6) is 0 Å². The van der Waals surface area contributed by atoms with Gasteiger partial charge in [0.05, 0.1) is 21.9 Å². The van der Waals surface area contributed by atoms with Crippen LogP contribution in [-0.4, -0.2) is 31.7 Å². The minimum Gasteiger partial charge on any atom is -0.313 e. The number of benzene rings is 1. The summed E-state index contributed by atoms with van der Waals surface area (Å²) in [5, 5.41) is 14.0. The number of nitrogens with one attached hydrogen (secondary N) is 2. The number of hydrogen-bond acceptors (Lipinski definition) is 5. The van der Waals surface area contributed by atoms with Gasteiger partial charge in [-0.15, -0.1) is 0 Å². The predicted octanol–water partition coefficient (Wildman–Crippen LogP) is 1.40. The Bertz CT molecular complexity index is 609. The highest BCUT2D eigenvalue weighted by Gasteiger charge is 2.23. The smallest absolute Gasteiger partial charge is 0.274 e. The maximum Gasteiger partial charge on any atom is 0.274 e. The predicted molar refractivity (Wildman–Crippen MR) is 76.3 cm³/mol. The summed E-state index contributed by atoms with van der Waals surface area (Å²) < 4.78 is 26.6. The van der Waals surface area contributed by atoms with Gasteiger partial charge in [-0.1, -0.05) is 6.07 Å². The van der Waals surface area contributed by atoms with Crippen LogP contribution in [0.3, 0.4) is 0 Å². The van der Waals surface area contributed by atoms with Crippen molar-refractivity contribution in [1.82, 2.24) is 5.32 Å². The second-order valence-corrected chi connectivity index (χ2v) is 6.65. The standard InChI is InChI=1S/C12H17N3O4S/c1-9-11(5-2-6-12(9)15(16)17)14-20(18,19)8-10-4-3-7-13-10/h2,5-6,10,13-14H,3-4,7-8H2,1H3. The molecule has 1 aromatic rings. The van der Waals surface area contributed by atoms with Gasteiger partial charge in [-0.05, 0) is 32.4 Å². The molecule has 2 N–H and O–H groups in total. The van der Waals surface area contributed by atoms with E-state index in [9.17, 15) is 18.5 Å². The molecule has 1 heterocycles. The number of sulfonamides is 1. The second-order valence-electron chi connectivity index (χ2n) is 4.88. The highest BCUT2D eigenvalue weighted by atomic mass is 32.2. The van der Waals surface area contributed by atoms with Crippen LogP contribution >= 0.6 is 0 Å². The van der Waals surface area contributed by atoms with Crippen LogP contribution in [0.15, 0.2) is 18.2 Å². The zero-order valence-electron chi connectivity index (χ0n) is 11.1. The summed E-state index contributed by atoms with van der Waals surface area (Å²) in [6, 6.07) is 4.30. The van der Waals surface area contributed by atoms with E-state index >= 15 is 0 Å². The molecule has 0 radical (unpaired) electrons. The summed E-state index contributed by atoms with van der Waals surface area (Å²) >= 11 is 0. The van der Waals surface area contributed by atoms with Crippen LogP contribution in [-0.2, 0) is 10.0 Å². The molecule has 0 saturated carbocycles. The van der Waals surface area contributed by atoms with Gasteiger partial charge < -0.3 is 5.32 Å². The van der Waals surface area contributed by atoms with Gasteiger partial charge in [0, 0.05) is 12.1 Å². The van der Waals surface area contributed by atoms with Crippen LogP contribution < -0.4 is 10.0 Å². The molecule has 0 spiro atoms. The van der Waals surface area contributed by atoms with Crippen molar-refractivity contribution in [3.05, 3.63) is 33.9 Å². The number of nitro groups is 1. The maximum atomic E-state index is 12.1. The summed E-state index contributed by atoms with van der Waals surface area (Å²) in [4.78, 5) is 10.3. The van der Waals surface area contributed by atoms with Crippen molar-refractivity contribution in [2.75, 3.05) is 17.0 Å².